The van der Waals surface area contributed by atoms with Crippen LogP contribution in [0.3, 0.4) is 0 Å². The van der Waals surface area contributed by atoms with Crippen LogP contribution in [0.25, 0.3) is 11.1 Å². The molecule has 1 unspecified atom stereocenters. The highest BCUT2D eigenvalue weighted by Crippen LogP contribution is 2.38. The summed E-state index contributed by atoms with van der Waals surface area (Å²) in [7, 11) is 0. The highest BCUT2D eigenvalue weighted by Gasteiger charge is 2.28. The normalized spacial score (nSPS) is 13.7. The van der Waals surface area contributed by atoms with Gasteiger partial charge in [0.25, 0.3) is 11.5 Å². The minimum Gasteiger partial charge on any atom is -0.491 e. The molecule has 0 saturated carbocycles. The van der Waals surface area contributed by atoms with Crippen LogP contribution < -0.4 is 20.9 Å². The Kier molecular flexibility index (Phi) is 10.4. The van der Waals surface area contributed by atoms with E-state index in [2.05, 4.69) is 10.6 Å². The lowest BCUT2D eigenvalue weighted by atomic mass is 10.1. The van der Waals surface area contributed by atoms with Crippen molar-refractivity contribution in [1.29, 1.82) is 0 Å². The van der Waals surface area contributed by atoms with Gasteiger partial charge in [0.05, 0.1) is 32.5 Å². The summed E-state index contributed by atoms with van der Waals surface area (Å²) in [5.74, 6) is 0.305. The number of carbonyl (C=O) groups excluding carboxylic acids is 1. The quantitative estimate of drug-likeness (QED) is 0.175. The molecule has 44 heavy (non-hydrogen) atoms. The van der Waals surface area contributed by atoms with Gasteiger partial charge in [0.2, 0.25) is 0 Å². The lowest BCUT2D eigenvalue weighted by Crippen LogP contribution is -2.31. The number of nitrogens with one attached hydrogen (secondary N) is 2. The molecule has 3 N–H and O–H groups in total. The Bertz CT molecular complexity index is 1620. The molecule has 10 heteroatoms. The topological polar surface area (TPSA) is 128 Å². The number of carboxylic acid groups (broad SMARTS) is 1. The number of pyridine rings is 1. The van der Waals surface area contributed by atoms with E-state index >= 15 is 0 Å². The average molecular weight is 598 g/mol. The first-order valence-electron chi connectivity index (χ1n) is 14.6. The maximum Gasteiger partial charge on any atom is 0.404 e. The predicted molar refractivity (Wildman–Crippen MR) is 167 cm³/mol. The molecule has 0 radical (unpaired) electrons. The lowest BCUT2D eigenvalue weighted by molar-refractivity contribution is 0.0372. The molecule has 1 aromatic heterocycles. The summed E-state index contributed by atoms with van der Waals surface area (Å²) in [6, 6.07) is 26.4. The summed E-state index contributed by atoms with van der Waals surface area (Å²) in [5, 5.41) is 13.6. The third-order valence-electron chi connectivity index (χ3n) is 7.38. The monoisotopic (exact) mass is 597 g/mol. The zero-order valence-corrected chi connectivity index (χ0v) is 24.2. The molecule has 1 aliphatic rings. The Hall–Kier alpha value is -4.93. The number of anilines is 1. The van der Waals surface area contributed by atoms with Crippen molar-refractivity contribution in [2.24, 2.45) is 0 Å². The van der Waals surface area contributed by atoms with Crippen molar-refractivity contribution in [1.82, 2.24) is 9.88 Å². The van der Waals surface area contributed by atoms with Gasteiger partial charge in [-0.15, -0.1) is 0 Å². The summed E-state index contributed by atoms with van der Waals surface area (Å²) in [4.78, 5) is 37.1. The van der Waals surface area contributed by atoms with Gasteiger partial charge >= 0.3 is 6.09 Å². The molecule has 228 valence electrons. The fourth-order valence-corrected chi connectivity index (χ4v) is 5.29. The van der Waals surface area contributed by atoms with E-state index in [1.807, 2.05) is 72.8 Å². The summed E-state index contributed by atoms with van der Waals surface area (Å²) < 4.78 is 18.5. The lowest BCUT2D eigenvalue weighted by Gasteiger charge is -2.17. The van der Waals surface area contributed by atoms with Gasteiger partial charge in [-0.25, -0.2) is 4.79 Å². The standard InChI is InChI=1S/C34H35N3O7/c38-32(36-26-13-11-25(12-14-26)24-6-2-1-3-7-24)29-9-5-18-37(33(29)39)30-16-15-28-27(30)8-4-10-31(28)44-23-22-43-21-20-42-19-17-35-34(40)41/h1-14,18,30,35H,15-17,19-23H2,(H,36,38)(H,40,41). The molecule has 0 spiro atoms. The molecule has 10 nitrogen and oxygen atoms in total. The third-order valence-corrected chi connectivity index (χ3v) is 7.38. The van der Waals surface area contributed by atoms with Crippen LogP contribution in [-0.2, 0) is 15.9 Å². The maximum atomic E-state index is 13.5. The molecule has 4 aromatic rings. The molecular weight excluding hydrogens is 562 g/mol. The SMILES string of the molecule is O=C(O)NCCOCCOCCOc1cccc2c1CCC2n1cccc(C(=O)Nc2ccc(-c3ccccc3)cc2)c1=O. The van der Waals surface area contributed by atoms with Crippen LogP contribution in [0.15, 0.2) is 95.9 Å². The van der Waals surface area contributed by atoms with Crippen LogP contribution >= 0.6 is 0 Å². The number of nitrogens with zero attached hydrogens (tertiary/aromatic N) is 1. The van der Waals surface area contributed by atoms with Crippen molar-refractivity contribution in [3.8, 4) is 16.9 Å². The third kappa shape index (κ3) is 7.71. The van der Waals surface area contributed by atoms with Crippen molar-refractivity contribution in [3.63, 3.8) is 0 Å². The predicted octanol–water partition coefficient (Wildman–Crippen LogP) is 4.98. The molecular formula is C34H35N3O7. The number of ether oxygens (including phenoxy) is 3. The van der Waals surface area contributed by atoms with Crippen LogP contribution in [-0.4, -0.2) is 61.3 Å². The van der Waals surface area contributed by atoms with Gasteiger partial charge in [0.15, 0.2) is 0 Å². The second kappa shape index (κ2) is 15.0. The largest absolute Gasteiger partial charge is 0.491 e. The molecule has 1 atom stereocenters. The van der Waals surface area contributed by atoms with Gasteiger partial charge in [0.1, 0.15) is 17.9 Å². The van der Waals surface area contributed by atoms with Gasteiger partial charge in [-0.1, -0.05) is 54.6 Å². The fourth-order valence-electron chi connectivity index (χ4n) is 5.29. The number of rotatable bonds is 14. The maximum absolute atomic E-state index is 13.5. The molecule has 2 amide bonds. The van der Waals surface area contributed by atoms with Gasteiger partial charge in [0, 0.05) is 18.4 Å². The van der Waals surface area contributed by atoms with Gasteiger partial charge in [-0.3, -0.25) is 9.59 Å². The second-order valence-electron chi connectivity index (χ2n) is 10.2. The van der Waals surface area contributed by atoms with E-state index < -0.39 is 12.0 Å². The number of benzene rings is 3. The van der Waals surface area contributed by atoms with E-state index in [0.29, 0.717) is 38.5 Å². The average Bonchev–Trinajstić information content (AvgIpc) is 3.47. The van der Waals surface area contributed by atoms with Crippen molar-refractivity contribution in [3.05, 3.63) is 118 Å². The van der Waals surface area contributed by atoms with Crippen molar-refractivity contribution in [2.45, 2.75) is 18.9 Å². The number of aromatic nitrogens is 1. The second-order valence-corrected chi connectivity index (χ2v) is 10.2. The minimum absolute atomic E-state index is 0.0831. The van der Waals surface area contributed by atoms with E-state index in [1.54, 1.807) is 22.9 Å². The Labute approximate surface area is 255 Å². The molecule has 5 rings (SSSR count). The molecule has 0 aliphatic heterocycles. The first-order chi connectivity index (χ1) is 21.5. The molecule has 0 saturated heterocycles. The fraction of sp³-hybridized carbons (Fsp3) is 0.265. The van der Waals surface area contributed by atoms with Crippen LogP contribution in [0.1, 0.15) is 33.9 Å². The Morgan fingerprint density at radius 3 is 2.32 bits per heavy atom. The van der Waals surface area contributed by atoms with Gasteiger partial charge in [-0.05, 0) is 65.4 Å². The number of hydrogen-bond acceptors (Lipinski definition) is 6. The van der Waals surface area contributed by atoms with Crippen LogP contribution in [0.2, 0.25) is 0 Å². The van der Waals surface area contributed by atoms with Crippen LogP contribution in [0.5, 0.6) is 5.75 Å². The van der Waals surface area contributed by atoms with Crippen molar-refractivity contribution in [2.75, 3.05) is 44.9 Å². The van der Waals surface area contributed by atoms with Crippen molar-refractivity contribution >= 4 is 17.7 Å². The number of hydrogen-bond donors (Lipinski definition) is 3. The molecule has 3 aromatic carbocycles. The molecule has 0 fully saturated rings. The molecule has 1 heterocycles. The van der Waals surface area contributed by atoms with E-state index in [1.165, 1.54) is 0 Å². The van der Waals surface area contributed by atoms with E-state index in [-0.39, 0.29) is 30.3 Å². The minimum atomic E-state index is -1.08. The van der Waals surface area contributed by atoms with E-state index in [9.17, 15) is 14.4 Å². The number of carbonyl (C=O) groups is 2. The Morgan fingerprint density at radius 1 is 0.818 bits per heavy atom. The zero-order valence-electron chi connectivity index (χ0n) is 24.2. The first kappa shape index (κ1) is 30.5. The van der Waals surface area contributed by atoms with Crippen LogP contribution in [0, 0.1) is 0 Å². The summed E-state index contributed by atoms with van der Waals surface area (Å²) in [5.41, 5.74) is 4.53. The summed E-state index contributed by atoms with van der Waals surface area (Å²) >= 11 is 0. The number of fused-ring (bicyclic) bond motifs is 1. The van der Waals surface area contributed by atoms with E-state index in [0.717, 1.165) is 34.4 Å². The molecule has 0 bridgehead atoms. The zero-order chi connectivity index (χ0) is 30.7. The highest BCUT2D eigenvalue weighted by molar-refractivity contribution is 6.04. The Morgan fingerprint density at radius 2 is 1.55 bits per heavy atom. The summed E-state index contributed by atoms with van der Waals surface area (Å²) in [6.07, 6.45) is 2.11. The van der Waals surface area contributed by atoms with Crippen molar-refractivity contribution < 1.29 is 28.9 Å². The van der Waals surface area contributed by atoms with Gasteiger partial charge < -0.3 is 34.5 Å². The first-order valence-corrected chi connectivity index (χ1v) is 14.6. The van der Waals surface area contributed by atoms with Crippen LogP contribution in [0.4, 0.5) is 10.5 Å². The smallest absolute Gasteiger partial charge is 0.404 e. The van der Waals surface area contributed by atoms with E-state index in [4.69, 9.17) is 19.3 Å². The Balaban J connectivity index is 1.16. The van der Waals surface area contributed by atoms with Gasteiger partial charge in [-0.2, -0.15) is 0 Å². The molecule has 1 aliphatic carbocycles. The summed E-state index contributed by atoms with van der Waals surface area (Å²) in [6.45, 7) is 1.96. The highest BCUT2D eigenvalue weighted by atomic mass is 16.5. The number of amides is 2.